The van der Waals surface area contributed by atoms with Gasteiger partial charge in [-0.1, -0.05) is 13.8 Å². The highest BCUT2D eigenvalue weighted by molar-refractivity contribution is 5.45. The molecule has 0 unspecified atom stereocenters. The Kier molecular flexibility index (Phi) is 3.22. The van der Waals surface area contributed by atoms with Crippen LogP contribution >= 0.6 is 0 Å². The average molecular weight is 293 g/mol. The van der Waals surface area contributed by atoms with Crippen molar-refractivity contribution in [3.05, 3.63) is 29.5 Å². The predicted octanol–water partition coefficient (Wildman–Crippen LogP) is 3.82. The summed E-state index contributed by atoms with van der Waals surface area (Å²) in [7, 11) is 0. The van der Waals surface area contributed by atoms with Crippen molar-refractivity contribution < 1.29 is 22.0 Å². The number of nitrogens with zero attached hydrogens (tertiary/aromatic N) is 3. The topological polar surface area (TPSA) is 30.2 Å². The van der Waals surface area contributed by atoms with E-state index in [9.17, 15) is 22.0 Å². The molecule has 0 amide bonds. The van der Waals surface area contributed by atoms with Crippen molar-refractivity contribution in [3.8, 4) is 0 Å². The Labute approximate surface area is 111 Å². The highest BCUT2D eigenvalue weighted by Gasteiger charge is 2.60. The fourth-order valence-corrected chi connectivity index (χ4v) is 2.10. The highest BCUT2D eigenvalue weighted by Crippen LogP contribution is 2.43. The van der Waals surface area contributed by atoms with E-state index >= 15 is 0 Å². The molecule has 0 spiro atoms. The summed E-state index contributed by atoms with van der Waals surface area (Å²) in [6.45, 7) is 5.41. The van der Waals surface area contributed by atoms with Crippen molar-refractivity contribution >= 4 is 5.65 Å². The van der Waals surface area contributed by atoms with Crippen molar-refractivity contribution in [3.63, 3.8) is 0 Å². The smallest absolute Gasteiger partial charge is 0.287 e. The maximum atomic E-state index is 13.2. The van der Waals surface area contributed by atoms with E-state index in [1.807, 2.05) is 13.8 Å². The lowest BCUT2D eigenvalue weighted by atomic mass is 10.1. The van der Waals surface area contributed by atoms with Crippen LogP contribution in [0.5, 0.6) is 0 Å². The lowest BCUT2D eigenvalue weighted by Gasteiger charge is -2.18. The molecule has 2 heterocycles. The summed E-state index contributed by atoms with van der Waals surface area (Å²) in [6, 6.07) is 0.673. The number of aromatic nitrogens is 3. The molecule has 0 aromatic carbocycles. The third-order valence-corrected chi connectivity index (χ3v) is 2.96. The summed E-state index contributed by atoms with van der Waals surface area (Å²) in [4.78, 5) is 7.27. The summed E-state index contributed by atoms with van der Waals surface area (Å²) >= 11 is 0. The molecule has 3 nitrogen and oxygen atoms in total. The van der Waals surface area contributed by atoms with Gasteiger partial charge in [0.25, 0.3) is 0 Å². The molecule has 0 saturated carbocycles. The highest BCUT2D eigenvalue weighted by atomic mass is 19.4. The molecule has 110 valence electrons. The first kappa shape index (κ1) is 14.7. The number of alkyl halides is 5. The van der Waals surface area contributed by atoms with E-state index < -0.39 is 17.8 Å². The number of hydrogen-bond acceptors (Lipinski definition) is 2. The lowest BCUT2D eigenvalue weighted by Crippen LogP contribution is -2.34. The minimum absolute atomic E-state index is 0.0279. The number of imidazole rings is 1. The third-order valence-electron chi connectivity index (χ3n) is 2.96. The fraction of sp³-hybridized carbons (Fsp3) is 0.500. The predicted molar refractivity (Wildman–Crippen MR) is 61.8 cm³/mol. The normalized spacial score (nSPS) is 13.4. The van der Waals surface area contributed by atoms with Crippen molar-refractivity contribution in [2.24, 2.45) is 0 Å². The van der Waals surface area contributed by atoms with Gasteiger partial charge in [-0.25, -0.2) is 9.97 Å². The molecule has 2 aromatic heterocycles. The van der Waals surface area contributed by atoms with E-state index in [1.165, 1.54) is 4.40 Å². The van der Waals surface area contributed by atoms with Crippen LogP contribution in [-0.2, 0) is 5.92 Å². The summed E-state index contributed by atoms with van der Waals surface area (Å²) < 4.78 is 64.8. The van der Waals surface area contributed by atoms with Gasteiger partial charge in [0.2, 0.25) is 0 Å². The van der Waals surface area contributed by atoms with E-state index in [0.717, 1.165) is 12.0 Å². The molecular formula is C12H12F5N3. The molecule has 0 fully saturated rings. The summed E-state index contributed by atoms with van der Waals surface area (Å²) in [5.74, 6) is -4.95. The second kappa shape index (κ2) is 4.39. The molecule has 20 heavy (non-hydrogen) atoms. The first-order valence-electron chi connectivity index (χ1n) is 5.85. The van der Waals surface area contributed by atoms with E-state index in [2.05, 4.69) is 9.97 Å². The van der Waals surface area contributed by atoms with Gasteiger partial charge in [0, 0.05) is 11.8 Å². The molecule has 0 atom stereocenters. The van der Waals surface area contributed by atoms with Gasteiger partial charge in [-0.2, -0.15) is 22.0 Å². The Morgan fingerprint density at radius 2 is 1.75 bits per heavy atom. The maximum absolute atomic E-state index is 13.2. The SMILES string of the molecule is Cc1nc2cc(C(F)(F)C(F)(F)F)ncn2c1C(C)C. The quantitative estimate of drug-likeness (QED) is 0.788. The summed E-state index contributed by atoms with van der Waals surface area (Å²) in [5, 5.41) is 0. The zero-order chi connectivity index (χ0) is 15.3. The van der Waals surface area contributed by atoms with E-state index in [1.54, 1.807) is 6.92 Å². The van der Waals surface area contributed by atoms with Crippen LogP contribution in [-0.4, -0.2) is 20.5 Å². The number of rotatable bonds is 2. The molecule has 8 heteroatoms. The van der Waals surface area contributed by atoms with Gasteiger partial charge < -0.3 is 0 Å². The molecule has 0 aliphatic heterocycles. The number of hydrogen-bond donors (Lipinski definition) is 0. The third kappa shape index (κ3) is 2.12. The lowest BCUT2D eigenvalue weighted by molar-refractivity contribution is -0.290. The molecule has 2 aromatic rings. The van der Waals surface area contributed by atoms with Crippen LogP contribution < -0.4 is 0 Å². The van der Waals surface area contributed by atoms with Crippen molar-refractivity contribution in [1.82, 2.24) is 14.4 Å². The van der Waals surface area contributed by atoms with Gasteiger partial charge in [0.05, 0.1) is 5.69 Å². The Morgan fingerprint density at radius 3 is 2.25 bits per heavy atom. The fourth-order valence-electron chi connectivity index (χ4n) is 2.10. The Hall–Kier alpha value is -1.73. The average Bonchev–Trinajstić information content (AvgIpc) is 2.61. The largest absolute Gasteiger partial charge is 0.459 e. The van der Waals surface area contributed by atoms with Gasteiger partial charge in [-0.3, -0.25) is 4.40 Å². The van der Waals surface area contributed by atoms with Gasteiger partial charge in [-0.15, -0.1) is 0 Å². The minimum atomic E-state index is -5.68. The second-order valence-corrected chi connectivity index (χ2v) is 4.81. The molecular weight excluding hydrogens is 281 g/mol. The van der Waals surface area contributed by atoms with Crippen molar-refractivity contribution in [2.45, 2.75) is 38.8 Å². The van der Waals surface area contributed by atoms with Crippen LogP contribution in [0, 0.1) is 6.92 Å². The van der Waals surface area contributed by atoms with Crippen molar-refractivity contribution in [1.29, 1.82) is 0 Å². The minimum Gasteiger partial charge on any atom is -0.287 e. The first-order chi connectivity index (χ1) is 9.05. The van der Waals surface area contributed by atoms with Gasteiger partial charge in [0.1, 0.15) is 17.7 Å². The zero-order valence-corrected chi connectivity index (χ0v) is 11.0. The molecule has 0 saturated heterocycles. The van der Waals surface area contributed by atoms with Crippen LogP contribution in [0.1, 0.15) is 36.8 Å². The second-order valence-electron chi connectivity index (χ2n) is 4.81. The van der Waals surface area contributed by atoms with Gasteiger partial charge in [0.15, 0.2) is 0 Å². The number of fused-ring (bicyclic) bond motifs is 1. The zero-order valence-electron chi connectivity index (χ0n) is 11.0. The molecule has 0 aliphatic carbocycles. The van der Waals surface area contributed by atoms with Crippen LogP contribution in [0.15, 0.2) is 12.4 Å². The standard InChI is InChI=1S/C12H12F5N3/c1-6(2)10-7(3)19-9-4-8(18-5-20(9)10)11(13,14)12(15,16)17/h4-6H,1-3H3. The summed E-state index contributed by atoms with van der Waals surface area (Å²) in [5.41, 5.74) is -0.0124. The van der Waals surface area contributed by atoms with Crippen molar-refractivity contribution in [2.75, 3.05) is 0 Å². The molecule has 2 rings (SSSR count). The Bertz CT molecular complexity index is 642. The number of halogens is 5. The van der Waals surface area contributed by atoms with Crippen LogP contribution in [0.2, 0.25) is 0 Å². The maximum Gasteiger partial charge on any atom is 0.459 e. The molecule has 0 radical (unpaired) electrons. The van der Waals surface area contributed by atoms with Gasteiger partial charge >= 0.3 is 12.1 Å². The van der Waals surface area contributed by atoms with Crippen LogP contribution in [0.4, 0.5) is 22.0 Å². The van der Waals surface area contributed by atoms with Crippen LogP contribution in [0.25, 0.3) is 5.65 Å². The molecule has 0 N–H and O–H groups in total. The Balaban J connectivity index is 2.62. The number of aryl methyl sites for hydroxylation is 1. The molecule has 0 aliphatic rings. The molecule has 0 bridgehead atoms. The first-order valence-corrected chi connectivity index (χ1v) is 5.85. The van der Waals surface area contributed by atoms with E-state index in [0.29, 0.717) is 11.8 Å². The van der Waals surface area contributed by atoms with E-state index in [-0.39, 0.29) is 11.6 Å². The Morgan fingerprint density at radius 1 is 1.15 bits per heavy atom. The van der Waals surface area contributed by atoms with E-state index in [4.69, 9.17) is 0 Å². The summed E-state index contributed by atoms with van der Waals surface area (Å²) in [6.07, 6.45) is -4.72. The monoisotopic (exact) mass is 293 g/mol. The van der Waals surface area contributed by atoms with Crippen LogP contribution in [0.3, 0.4) is 0 Å². The van der Waals surface area contributed by atoms with Gasteiger partial charge in [-0.05, 0) is 12.8 Å².